The summed E-state index contributed by atoms with van der Waals surface area (Å²) in [6.45, 7) is 0.898. The zero-order valence-electron chi connectivity index (χ0n) is 15.1. The molecule has 2 aromatic rings. The molecule has 1 fully saturated rings. The molecule has 0 saturated carbocycles. The standard InChI is InChI=1S/C20H20BrF2N3O2/c21-14-4-6-18(24-12-14)25-20(28)13-8-10-26(11-9-13)19(27)7-5-15-16(22)2-1-3-17(15)23/h1-4,6,12-13H,5,7-11H2,(H,24,25,28). The van der Waals surface area contributed by atoms with Gasteiger partial charge in [0, 0.05) is 41.7 Å². The molecule has 1 saturated heterocycles. The largest absolute Gasteiger partial charge is 0.343 e. The fraction of sp³-hybridized carbons (Fsp3) is 0.350. The van der Waals surface area contributed by atoms with Crippen molar-refractivity contribution in [2.24, 2.45) is 5.92 Å². The van der Waals surface area contributed by atoms with Crippen molar-refractivity contribution in [1.29, 1.82) is 0 Å². The molecule has 1 N–H and O–H groups in total. The molecule has 0 aliphatic carbocycles. The maximum Gasteiger partial charge on any atom is 0.228 e. The van der Waals surface area contributed by atoms with Gasteiger partial charge < -0.3 is 10.2 Å². The topological polar surface area (TPSA) is 62.3 Å². The van der Waals surface area contributed by atoms with Crippen LogP contribution in [-0.2, 0) is 16.0 Å². The molecule has 0 unspecified atom stereocenters. The number of amides is 2. The number of benzene rings is 1. The quantitative estimate of drug-likeness (QED) is 0.748. The van der Waals surface area contributed by atoms with Gasteiger partial charge in [-0.25, -0.2) is 13.8 Å². The summed E-state index contributed by atoms with van der Waals surface area (Å²) in [5, 5.41) is 2.78. The molecular weight excluding hydrogens is 432 g/mol. The number of carbonyl (C=O) groups excluding carboxylic acids is 2. The predicted octanol–water partition coefficient (Wildman–Crippen LogP) is 3.93. The van der Waals surface area contributed by atoms with E-state index in [4.69, 9.17) is 0 Å². The maximum absolute atomic E-state index is 13.7. The van der Waals surface area contributed by atoms with Gasteiger partial charge >= 0.3 is 0 Å². The first-order valence-corrected chi connectivity index (χ1v) is 9.86. The van der Waals surface area contributed by atoms with Crippen LogP contribution in [0.3, 0.4) is 0 Å². The number of nitrogens with zero attached hydrogens (tertiary/aromatic N) is 2. The normalized spacial score (nSPS) is 14.8. The number of anilines is 1. The second kappa shape index (κ2) is 9.23. The average Bonchev–Trinajstić information content (AvgIpc) is 2.69. The van der Waals surface area contributed by atoms with Crippen molar-refractivity contribution >= 4 is 33.6 Å². The Morgan fingerprint density at radius 3 is 2.43 bits per heavy atom. The zero-order chi connectivity index (χ0) is 20.1. The zero-order valence-corrected chi connectivity index (χ0v) is 16.7. The van der Waals surface area contributed by atoms with Crippen LogP contribution in [0, 0.1) is 17.6 Å². The van der Waals surface area contributed by atoms with Crippen molar-refractivity contribution in [3.8, 4) is 0 Å². The molecule has 0 atom stereocenters. The van der Waals surface area contributed by atoms with E-state index in [1.807, 2.05) is 0 Å². The monoisotopic (exact) mass is 451 g/mol. The summed E-state index contributed by atoms with van der Waals surface area (Å²) in [6, 6.07) is 7.18. The highest BCUT2D eigenvalue weighted by Gasteiger charge is 2.27. The highest BCUT2D eigenvalue weighted by Crippen LogP contribution is 2.21. The molecule has 5 nitrogen and oxygen atoms in total. The molecule has 2 amide bonds. The molecule has 1 aromatic carbocycles. The number of piperidine rings is 1. The first-order chi connectivity index (χ1) is 13.4. The first-order valence-electron chi connectivity index (χ1n) is 9.07. The molecule has 3 rings (SSSR count). The van der Waals surface area contributed by atoms with E-state index in [-0.39, 0.29) is 36.1 Å². The lowest BCUT2D eigenvalue weighted by Gasteiger charge is -2.31. The summed E-state index contributed by atoms with van der Waals surface area (Å²) < 4.78 is 28.2. The predicted molar refractivity (Wildman–Crippen MR) is 105 cm³/mol. The van der Waals surface area contributed by atoms with E-state index in [2.05, 4.69) is 26.2 Å². The Morgan fingerprint density at radius 2 is 1.82 bits per heavy atom. The summed E-state index contributed by atoms with van der Waals surface area (Å²) in [7, 11) is 0. The number of carbonyl (C=O) groups is 2. The molecule has 8 heteroatoms. The number of aromatic nitrogens is 1. The van der Waals surface area contributed by atoms with Gasteiger partial charge in [-0.15, -0.1) is 0 Å². The lowest BCUT2D eigenvalue weighted by molar-refractivity contribution is -0.134. The van der Waals surface area contributed by atoms with Crippen molar-refractivity contribution in [2.75, 3.05) is 18.4 Å². The number of nitrogens with one attached hydrogen (secondary N) is 1. The Bertz CT molecular complexity index is 833. The van der Waals surface area contributed by atoms with E-state index >= 15 is 0 Å². The molecule has 0 bridgehead atoms. The van der Waals surface area contributed by atoms with Gasteiger partial charge in [0.15, 0.2) is 0 Å². The summed E-state index contributed by atoms with van der Waals surface area (Å²) in [6.07, 6.45) is 2.75. The number of likely N-dealkylation sites (tertiary alicyclic amines) is 1. The number of pyridine rings is 1. The first kappa shape index (κ1) is 20.4. The Kier molecular flexibility index (Phi) is 6.72. The van der Waals surface area contributed by atoms with Gasteiger partial charge in [0.25, 0.3) is 0 Å². The van der Waals surface area contributed by atoms with Gasteiger partial charge in [0.05, 0.1) is 0 Å². The minimum absolute atomic E-state index is 0.0208. The molecule has 28 heavy (non-hydrogen) atoms. The van der Waals surface area contributed by atoms with Gasteiger partial charge in [0.1, 0.15) is 17.5 Å². The second-order valence-corrected chi connectivity index (χ2v) is 7.62. The second-order valence-electron chi connectivity index (χ2n) is 6.71. The third-order valence-electron chi connectivity index (χ3n) is 4.85. The van der Waals surface area contributed by atoms with E-state index in [0.717, 1.165) is 4.47 Å². The van der Waals surface area contributed by atoms with Crippen LogP contribution in [0.5, 0.6) is 0 Å². The third-order valence-corrected chi connectivity index (χ3v) is 5.32. The Labute approximate surface area is 170 Å². The smallest absolute Gasteiger partial charge is 0.228 e. The Hall–Kier alpha value is -2.35. The van der Waals surface area contributed by atoms with Gasteiger partial charge in [-0.05, 0) is 59.5 Å². The van der Waals surface area contributed by atoms with Crippen molar-refractivity contribution in [2.45, 2.75) is 25.7 Å². The Morgan fingerprint density at radius 1 is 1.14 bits per heavy atom. The highest BCUT2D eigenvalue weighted by molar-refractivity contribution is 9.10. The molecular formula is C20H20BrF2N3O2. The van der Waals surface area contributed by atoms with E-state index in [1.54, 1.807) is 23.2 Å². The van der Waals surface area contributed by atoms with E-state index < -0.39 is 11.6 Å². The van der Waals surface area contributed by atoms with Crippen LogP contribution in [0.4, 0.5) is 14.6 Å². The highest BCUT2D eigenvalue weighted by atomic mass is 79.9. The summed E-state index contributed by atoms with van der Waals surface area (Å²) in [5.74, 6) is -1.25. The van der Waals surface area contributed by atoms with E-state index in [9.17, 15) is 18.4 Å². The molecule has 2 heterocycles. The number of halogens is 3. The van der Waals surface area contributed by atoms with Gasteiger partial charge in [0.2, 0.25) is 11.8 Å². The fourth-order valence-electron chi connectivity index (χ4n) is 3.23. The van der Waals surface area contributed by atoms with Crippen LogP contribution < -0.4 is 5.32 Å². The lowest BCUT2D eigenvalue weighted by atomic mass is 9.95. The number of hydrogen-bond donors (Lipinski definition) is 1. The lowest BCUT2D eigenvalue weighted by Crippen LogP contribution is -2.41. The third kappa shape index (κ3) is 5.13. The van der Waals surface area contributed by atoms with E-state index in [1.165, 1.54) is 18.2 Å². The summed E-state index contributed by atoms with van der Waals surface area (Å²) >= 11 is 3.29. The molecule has 148 valence electrons. The summed E-state index contributed by atoms with van der Waals surface area (Å²) in [4.78, 5) is 30.5. The van der Waals surface area contributed by atoms with Gasteiger partial charge in [-0.3, -0.25) is 9.59 Å². The van der Waals surface area contributed by atoms with E-state index in [0.29, 0.717) is 31.7 Å². The number of hydrogen-bond acceptors (Lipinski definition) is 3. The van der Waals surface area contributed by atoms with Crippen LogP contribution in [0.2, 0.25) is 0 Å². The van der Waals surface area contributed by atoms with Crippen molar-refractivity contribution in [3.05, 3.63) is 58.2 Å². The molecule has 0 spiro atoms. The molecule has 1 aliphatic heterocycles. The molecule has 1 aromatic heterocycles. The molecule has 0 radical (unpaired) electrons. The Balaban J connectivity index is 1.47. The van der Waals surface area contributed by atoms with Crippen LogP contribution in [0.25, 0.3) is 0 Å². The van der Waals surface area contributed by atoms with Crippen LogP contribution >= 0.6 is 15.9 Å². The van der Waals surface area contributed by atoms with Crippen LogP contribution in [0.15, 0.2) is 41.0 Å². The van der Waals surface area contributed by atoms with Crippen LogP contribution in [-0.4, -0.2) is 34.8 Å². The van der Waals surface area contributed by atoms with Crippen molar-refractivity contribution in [3.63, 3.8) is 0 Å². The van der Waals surface area contributed by atoms with Gasteiger partial charge in [-0.2, -0.15) is 0 Å². The molecule has 1 aliphatic rings. The minimum Gasteiger partial charge on any atom is -0.343 e. The van der Waals surface area contributed by atoms with Crippen molar-refractivity contribution < 1.29 is 18.4 Å². The number of rotatable bonds is 5. The van der Waals surface area contributed by atoms with Crippen LogP contribution in [0.1, 0.15) is 24.8 Å². The SMILES string of the molecule is O=C(Nc1ccc(Br)cn1)C1CCN(C(=O)CCc2c(F)cccc2F)CC1. The summed E-state index contributed by atoms with van der Waals surface area (Å²) in [5.41, 5.74) is -0.0629. The minimum atomic E-state index is -0.635. The fourth-order valence-corrected chi connectivity index (χ4v) is 3.46. The van der Waals surface area contributed by atoms with Gasteiger partial charge in [-0.1, -0.05) is 6.07 Å². The van der Waals surface area contributed by atoms with Crippen molar-refractivity contribution in [1.82, 2.24) is 9.88 Å². The maximum atomic E-state index is 13.7. The average molecular weight is 452 g/mol.